The van der Waals surface area contributed by atoms with Gasteiger partial charge in [-0.1, -0.05) is 25.3 Å². The molecule has 0 bridgehead atoms. The van der Waals surface area contributed by atoms with Gasteiger partial charge < -0.3 is 16.0 Å². The second kappa shape index (κ2) is 8.92. The SMILES string of the molecule is Cc1ccc(NC(=O)NCCC(=O)NC2CCCCC2)cc1C#N. The summed E-state index contributed by atoms with van der Waals surface area (Å²) in [7, 11) is 0. The van der Waals surface area contributed by atoms with Gasteiger partial charge in [0.2, 0.25) is 5.91 Å². The molecule has 1 fully saturated rings. The van der Waals surface area contributed by atoms with Crippen LogP contribution in [0.15, 0.2) is 18.2 Å². The van der Waals surface area contributed by atoms with E-state index in [0.29, 0.717) is 11.3 Å². The molecule has 1 aliphatic carbocycles. The third-order valence-electron chi connectivity index (χ3n) is 4.22. The number of hydrogen-bond donors (Lipinski definition) is 3. The van der Waals surface area contributed by atoms with Crippen LogP contribution in [0.3, 0.4) is 0 Å². The van der Waals surface area contributed by atoms with E-state index < -0.39 is 0 Å². The predicted molar refractivity (Wildman–Crippen MR) is 92.5 cm³/mol. The van der Waals surface area contributed by atoms with Crippen molar-refractivity contribution in [1.82, 2.24) is 10.6 Å². The minimum Gasteiger partial charge on any atom is -0.353 e. The van der Waals surface area contributed by atoms with Crippen LogP contribution in [-0.2, 0) is 4.79 Å². The Morgan fingerprint density at radius 2 is 2.00 bits per heavy atom. The minimum atomic E-state index is -0.381. The molecule has 3 amide bonds. The molecule has 1 aliphatic rings. The van der Waals surface area contributed by atoms with Gasteiger partial charge in [-0.05, 0) is 37.5 Å². The minimum absolute atomic E-state index is 0.0238. The highest BCUT2D eigenvalue weighted by Gasteiger charge is 2.15. The normalized spacial score (nSPS) is 14.5. The molecule has 1 aromatic carbocycles. The van der Waals surface area contributed by atoms with Crippen molar-refractivity contribution in [3.63, 3.8) is 0 Å². The number of carbonyl (C=O) groups excluding carboxylic acids is 2. The second-order valence-corrected chi connectivity index (χ2v) is 6.17. The maximum absolute atomic E-state index is 11.9. The summed E-state index contributed by atoms with van der Waals surface area (Å²) in [5.41, 5.74) is 1.95. The zero-order valence-electron chi connectivity index (χ0n) is 14.0. The molecule has 0 heterocycles. The number of aryl methyl sites for hydroxylation is 1. The molecule has 0 saturated heterocycles. The first-order chi connectivity index (χ1) is 11.6. The number of rotatable bonds is 5. The van der Waals surface area contributed by atoms with Crippen molar-refractivity contribution in [1.29, 1.82) is 5.26 Å². The van der Waals surface area contributed by atoms with Crippen LogP contribution in [0.5, 0.6) is 0 Å². The molecule has 0 radical (unpaired) electrons. The van der Waals surface area contributed by atoms with Gasteiger partial charge in [-0.3, -0.25) is 4.79 Å². The molecule has 0 spiro atoms. The number of urea groups is 1. The molecule has 1 aromatic rings. The average molecular weight is 328 g/mol. The van der Waals surface area contributed by atoms with Crippen molar-refractivity contribution in [2.24, 2.45) is 0 Å². The molecule has 0 aromatic heterocycles. The molecule has 0 atom stereocenters. The Morgan fingerprint density at radius 1 is 1.25 bits per heavy atom. The molecule has 6 nitrogen and oxygen atoms in total. The maximum Gasteiger partial charge on any atom is 0.319 e. The van der Waals surface area contributed by atoms with E-state index in [9.17, 15) is 9.59 Å². The van der Waals surface area contributed by atoms with Gasteiger partial charge >= 0.3 is 6.03 Å². The summed E-state index contributed by atoms with van der Waals surface area (Å²) in [5.74, 6) is -0.0238. The molecule has 0 aliphatic heterocycles. The molecule has 1 saturated carbocycles. The van der Waals surface area contributed by atoms with Crippen molar-refractivity contribution in [2.75, 3.05) is 11.9 Å². The van der Waals surface area contributed by atoms with Crippen LogP contribution in [-0.4, -0.2) is 24.5 Å². The van der Waals surface area contributed by atoms with Gasteiger partial charge in [-0.25, -0.2) is 4.79 Å². The lowest BCUT2D eigenvalue weighted by Gasteiger charge is -2.22. The van der Waals surface area contributed by atoms with E-state index in [1.807, 2.05) is 6.92 Å². The summed E-state index contributed by atoms with van der Waals surface area (Å²) in [4.78, 5) is 23.7. The first-order valence-electron chi connectivity index (χ1n) is 8.43. The monoisotopic (exact) mass is 328 g/mol. The van der Waals surface area contributed by atoms with Crippen LogP contribution in [0, 0.1) is 18.3 Å². The van der Waals surface area contributed by atoms with E-state index in [1.165, 1.54) is 19.3 Å². The van der Waals surface area contributed by atoms with Crippen LogP contribution in [0.25, 0.3) is 0 Å². The zero-order valence-corrected chi connectivity index (χ0v) is 14.0. The molecule has 6 heteroatoms. The Bertz CT molecular complexity index is 630. The number of nitrogens with one attached hydrogen (secondary N) is 3. The van der Waals surface area contributed by atoms with Gasteiger partial charge in [0.1, 0.15) is 0 Å². The number of amides is 3. The first kappa shape index (κ1) is 17.8. The maximum atomic E-state index is 11.9. The summed E-state index contributed by atoms with van der Waals surface area (Å²) in [6, 6.07) is 7.14. The van der Waals surface area contributed by atoms with Crippen LogP contribution < -0.4 is 16.0 Å². The molecule has 128 valence electrons. The van der Waals surface area contributed by atoms with Crippen LogP contribution in [0.1, 0.15) is 49.7 Å². The smallest absolute Gasteiger partial charge is 0.319 e. The lowest BCUT2D eigenvalue weighted by atomic mass is 9.95. The average Bonchev–Trinajstić information content (AvgIpc) is 2.57. The highest BCUT2D eigenvalue weighted by molar-refractivity contribution is 5.89. The van der Waals surface area contributed by atoms with Crippen molar-refractivity contribution in [2.45, 2.75) is 51.5 Å². The van der Waals surface area contributed by atoms with Crippen molar-refractivity contribution in [3.8, 4) is 6.07 Å². The molecule has 2 rings (SSSR count). The van der Waals surface area contributed by atoms with E-state index in [1.54, 1.807) is 18.2 Å². The van der Waals surface area contributed by atoms with Gasteiger partial charge in [-0.2, -0.15) is 5.26 Å². The number of carbonyl (C=O) groups is 2. The van der Waals surface area contributed by atoms with Crippen LogP contribution >= 0.6 is 0 Å². The Labute approximate surface area is 142 Å². The largest absolute Gasteiger partial charge is 0.353 e. The fourth-order valence-electron chi connectivity index (χ4n) is 2.83. The van der Waals surface area contributed by atoms with E-state index in [-0.39, 0.29) is 30.9 Å². The summed E-state index contributed by atoms with van der Waals surface area (Å²) < 4.78 is 0. The quantitative estimate of drug-likeness (QED) is 0.776. The van der Waals surface area contributed by atoms with Crippen molar-refractivity contribution in [3.05, 3.63) is 29.3 Å². The topological polar surface area (TPSA) is 94.0 Å². The Morgan fingerprint density at radius 3 is 2.71 bits per heavy atom. The highest BCUT2D eigenvalue weighted by Crippen LogP contribution is 2.17. The summed E-state index contributed by atoms with van der Waals surface area (Å²) in [6.07, 6.45) is 5.96. The first-order valence-corrected chi connectivity index (χ1v) is 8.43. The summed E-state index contributed by atoms with van der Waals surface area (Å²) in [5, 5.41) is 17.3. The number of nitrogens with zero attached hydrogens (tertiary/aromatic N) is 1. The van der Waals surface area contributed by atoms with E-state index in [2.05, 4.69) is 22.0 Å². The molecular weight excluding hydrogens is 304 g/mol. The van der Waals surface area contributed by atoms with E-state index >= 15 is 0 Å². The fourth-order valence-corrected chi connectivity index (χ4v) is 2.83. The molecule has 24 heavy (non-hydrogen) atoms. The number of hydrogen-bond acceptors (Lipinski definition) is 3. The van der Waals surface area contributed by atoms with E-state index in [4.69, 9.17) is 5.26 Å². The van der Waals surface area contributed by atoms with Gasteiger partial charge in [0, 0.05) is 24.7 Å². The van der Waals surface area contributed by atoms with Gasteiger partial charge in [0.25, 0.3) is 0 Å². The van der Waals surface area contributed by atoms with Crippen molar-refractivity contribution < 1.29 is 9.59 Å². The Kier molecular flexibility index (Phi) is 6.62. The predicted octanol–water partition coefficient (Wildman–Crippen LogP) is 2.83. The highest BCUT2D eigenvalue weighted by atomic mass is 16.2. The zero-order chi connectivity index (χ0) is 17.4. The lowest BCUT2D eigenvalue weighted by Crippen LogP contribution is -2.38. The van der Waals surface area contributed by atoms with Gasteiger partial charge in [-0.15, -0.1) is 0 Å². The third kappa shape index (κ3) is 5.58. The number of nitriles is 1. The van der Waals surface area contributed by atoms with Crippen LogP contribution in [0.2, 0.25) is 0 Å². The summed E-state index contributed by atoms with van der Waals surface area (Å²) in [6.45, 7) is 2.12. The third-order valence-corrected chi connectivity index (χ3v) is 4.22. The van der Waals surface area contributed by atoms with Crippen LogP contribution in [0.4, 0.5) is 10.5 Å². The number of benzene rings is 1. The van der Waals surface area contributed by atoms with E-state index in [0.717, 1.165) is 18.4 Å². The summed E-state index contributed by atoms with van der Waals surface area (Å²) >= 11 is 0. The van der Waals surface area contributed by atoms with Crippen molar-refractivity contribution >= 4 is 17.6 Å². The number of anilines is 1. The molecular formula is C18H24N4O2. The van der Waals surface area contributed by atoms with Gasteiger partial charge in [0.15, 0.2) is 0 Å². The molecule has 3 N–H and O–H groups in total. The fraction of sp³-hybridized carbons (Fsp3) is 0.500. The second-order valence-electron chi connectivity index (χ2n) is 6.17. The van der Waals surface area contributed by atoms with Gasteiger partial charge in [0.05, 0.1) is 11.6 Å². The molecule has 0 unspecified atom stereocenters. The standard InChI is InChI=1S/C18H24N4O2/c1-13-7-8-16(11-14(13)12-19)22-18(24)20-10-9-17(23)21-15-5-3-2-4-6-15/h7-8,11,15H,2-6,9-10H2,1H3,(H,21,23)(H2,20,22,24). The lowest BCUT2D eigenvalue weighted by molar-refractivity contribution is -0.121. The Balaban J connectivity index is 1.69. The Hall–Kier alpha value is -2.55.